The van der Waals surface area contributed by atoms with Crippen molar-refractivity contribution in [1.82, 2.24) is 0 Å². The van der Waals surface area contributed by atoms with Crippen LogP contribution in [0.2, 0.25) is 37.3 Å². The van der Waals surface area contributed by atoms with Crippen LogP contribution in [-0.4, -0.2) is 54.3 Å². The Balaban J connectivity index is 0.000000182. The van der Waals surface area contributed by atoms with Gasteiger partial charge < -0.3 is 18.3 Å². The van der Waals surface area contributed by atoms with Gasteiger partial charge in [-0.1, -0.05) is 27.7 Å². The van der Waals surface area contributed by atoms with Crippen LogP contribution in [-0.2, 0) is 18.3 Å². The topological polar surface area (TPSA) is 43.5 Å². The van der Waals surface area contributed by atoms with Gasteiger partial charge in [-0.3, -0.25) is 0 Å². The van der Waals surface area contributed by atoms with E-state index in [9.17, 15) is 0 Å². The molecule has 0 N–H and O–H groups in total. The van der Waals surface area contributed by atoms with Gasteiger partial charge in [0.05, 0.1) is 24.4 Å². The molecule has 2 aliphatic carbocycles. The molecule has 0 radical (unpaired) electrons. The van der Waals surface area contributed by atoms with Crippen LogP contribution in [0.1, 0.15) is 79.1 Å². The van der Waals surface area contributed by atoms with Crippen molar-refractivity contribution in [3.8, 4) is 0 Å². The van der Waals surface area contributed by atoms with Gasteiger partial charge in [0.2, 0.25) is 0 Å². The van der Waals surface area contributed by atoms with Crippen LogP contribution in [0.3, 0.4) is 0 Å². The maximum atomic E-state index is 6.33. The molecule has 0 aromatic carbocycles. The molecule has 6 heteroatoms. The zero-order valence-corrected chi connectivity index (χ0v) is 24.0. The highest BCUT2D eigenvalue weighted by atomic mass is 28.4. The van der Waals surface area contributed by atoms with Gasteiger partial charge in [0.25, 0.3) is 0 Å². The maximum absolute atomic E-state index is 6.33. The minimum Gasteiger partial charge on any atom is -0.417 e. The Kier molecular flexibility index (Phi) is 10.3. The molecule has 2 aliphatic heterocycles. The summed E-state index contributed by atoms with van der Waals surface area (Å²) in [4.78, 5) is 0. The minimum absolute atomic E-state index is 0.624. The fraction of sp³-hybridized carbons (Fsp3) is 1.00. The molecular weight excluding hydrogens is 432 g/mol. The summed E-state index contributed by atoms with van der Waals surface area (Å²) >= 11 is 0. The van der Waals surface area contributed by atoms with Crippen LogP contribution in [0.15, 0.2) is 0 Å². The fourth-order valence-corrected chi connectivity index (χ4v) is 9.14. The van der Waals surface area contributed by atoms with Crippen LogP contribution < -0.4 is 0 Å². The molecule has 0 amide bonds. The quantitative estimate of drug-likeness (QED) is 0.218. The second-order valence-corrected chi connectivity index (χ2v) is 20.7. The van der Waals surface area contributed by atoms with Crippen molar-refractivity contribution in [3.05, 3.63) is 0 Å². The minimum atomic E-state index is -1.34. The van der Waals surface area contributed by atoms with Gasteiger partial charge in [-0.05, 0) is 100 Å². The monoisotopic (exact) mass is 484 g/mol. The lowest BCUT2D eigenvalue weighted by molar-refractivity contribution is 0.242. The Labute approximate surface area is 200 Å². The SMILES string of the molecule is CC[Si](C)(C)OCCC1CCC2OC2C1.CC[Si](CC)(CC)OCCC1CCC2OC2C1. The van der Waals surface area contributed by atoms with Gasteiger partial charge in [-0.25, -0.2) is 0 Å². The third-order valence-corrected chi connectivity index (χ3v) is 16.3. The zero-order valence-electron chi connectivity index (χ0n) is 22.0. The molecule has 0 spiro atoms. The second kappa shape index (κ2) is 12.3. The predicted molar refractivity (Wildman–Crippen MR) is 138 cm³/mol. The maximum Gasteiger partial charge on any atom is 0.191 e. The van der Waals surface area contributed by atoms with Gasteiger partial charge in [-0.15, -0.1) is 0 Å². The Morgan fingerprint density at radius 1 is 0.625 bits per heavy atom. The molecule has 4 nitrogen and oxygen atoms in total. The van der Waals surface area contributed by atoms with Crippen molar-refractivity contribution in [1.29, 1.82) is 0 Å². The fourth-order valence-electron chi connectivity index (χ4n) is 5.60. The predicted octanol–water partition coefficient (Wildman–Crippen LogP) is 7.15. The van der Waals surface area contributed by atoms with Crippen molar-refractivity contribution in [2.75, 3.05) is 13.2 Å². The molecule has 0 aromatic heterocycles. The third kappa shape index (κ3) is 8.19. The van der Waals surface area contributed by atoms with Crippen LogP contribution in [0.4, 0.5) is 0 Å². The molecule has 2 saturated carbocycles. The van der Waals surface area contributed by atoms with Crippen molar-refractivity contribution in [3.63, 3.8) is 0 Å². The van der Waals surface area contributed by atoms with E-state index in [0.29, 0.717) is 24.4 Å². The first-order chi connectivity index (χ1) is 15.3. The van der Waals surface area contributed by atoms with Crippen LogP contribution >= 0.6 is 0 Å². The molecule has 0 bridgehead atoms. The molecule has 4 rings (SSSR count). The molecular formula is C26H52O4Si2. The van der Waals surface area contributed by atoms with E-state index in [2.05, 4.69) is 40.8 Å². The molecule has 32 heavy (non-hydrogen) atoms. The summed E-state index contributed by atoms with van der Waals surface area (Å²) in [5, 5.41) is 0. The van der Waals surface area contributed by atoms with Crippen LogP contribution in [0.25, 0.3) is 0 Å². The van der Waals surface area contributed by atoms with Crippen LogP contribution in [0.5, 0.6) is 0 Å². The zero-order chi connectivity index (χ0) is 23.2. The average Bonchev–Trinajstić information content (AvgIpc) is 3.72. The Morgan fingerprint density at radius 2 is 1.09 bits per heavy atom. The molecule has 6 atom stereocenters. The standard InChI is InChI=1S/C14H28O2Si.C12H24O2Si/c1-4-17(5-2,6-3)15-10-9-12-7-8-13-14(11-12)16-13;1-4-15(2,3)13-8-7-10-5-6-11-12(9-10)14-11/h12-14H,4-11H2,1-3H3;10-12H,4-9H2,1-3H3. The lowest BCUT2D eigenvalue weighted by Gasteiger charge is -2.29. The van der Waals surface area contributed by atoms with Gasteiger partial charge in [0.1, 0.15) is 0 Å². The summed E-state index contributed by atoms with van der Waals surface area (Å²) < 4.78 is 23.5. The third-order valence-electron chi connectivity index (χ3n) is 8.96. The van der Waals surface area contributed by atoms with Crippen molar-refractivity contribution in [2.24, 2.45) is 11.8 Å². The molecule has 6 unspecified atom stereocenters. The summed E-state index contributed by atoms with van der Waals surface area (Å²) in [7, 11) is -2.64. The first-order valence-electron chi connectivity index (χ1n) is 13.9. The van der Waals surface area contributed by atoms with Crippen LogP contribution in [0, 0.1) is 11.8 Å². The van der Waals surface area contributed by atoms with E-state index in [1.807, 2.05) is 0 Å². The van der Waals surface area contributed by atoms with E-state index < -0.39 is 16.6 Å². The lowest BCUT2D eigenvalue weighted by atomic mass is 9.87. The number of rotatable bonds is 12. The van der Waals surface area contributed by atoms with Crippen molar-refractivity contribution in [2.45, 2.75) is 141 Å². The average molecular weight is 485 g/mol. The Hall–Kier alpha value is 0.274. The van der Waals surface area contributed by atoms with Crippen molar-refractivity contribution < 1.29 is 18.3 Å². The summed E-state index contributed by atoms with van der Waals surface area (Å²) in [6.07, 6.45) is 13.0. The highest BCUT2D eigenvalue weighted by Gasteiger charge is 2.44. The highest BCUT2D eigenvalue weighted by Crippen LogP contribution is 2.41. The number of hydrogen-bond donors (Lipinski definition) is 0. The number of fused-ring (bicyclic) bond motifs is 2. The lowest BCUT2D eigenvalue weighted by Crippen LogP contribution is -2.36. The largest absolute Gasteiger partial charge is 0.417 e. The second-order valence-electron chi connectivity index (χ2n) is 11.4. The number of ether oxygens (including phenoxy) is 2. The van der Waals surface area contributed by atoms with Gasteiger partial charge in [-0.2, -0.15) is 0 Å². The molecule has 2 saturated heterocycles. The Morgan fingerprint density at radius 3 is 1.50 bits per heavy atom. The first-order valence-corrected chi connectivity index (χ1v) is 19.6. The molecule has 2 heterocycles. The van der Waals surface area contributed by atoms with Crippen molar-refractivity contribution >= 4 is 16.6 Å². The summed E-state index contributed by atoms with van der Waals surface area (Å²) in [5.41, 5.74) is 0. The van der Waals surface area contributed by atoms with Gasteiger partial charge in [0.15, 0.2) is 16.6 Å². The summed E-state index contributed by atoms with van der Waals surface area (Å²) in [5.74, 6) is 1.74. The number of epoxide rings is 2. The van der Waals surface area contributed by atoms with E-state index in [1.54, 1.807) is 0 Å². The smallest absolute Gasteiger partial charge is 0.191 e. The van der Waals surface area contributed by atoms with E-state index in [0.717, 1.165) is 25.0 Å². The summed E-state index contributed by atoms with van der Waals surface area (Å²) in [6.45, 7) is 15.8. The van der Waals surface area contributed by atoms with Gasteiger partial charge >= 0.3 is 0 Å². The number of hydrogen-bond acceptors (Lipinski definition) is 4. The normalized spacial score (nSPS) is 33.6. The molecule has 188 valence electrons. The molecule has 4 aliphatic rings. The first kappa shape index (κ1) is 26.9. The summed E-state index contributed by atoms with van der Waals surface area (Å²) in [6, 6.07) is 5.06. The van der Waals surface area contributed by atoms with Gasteiger partial charge in [0, 0.05) is 13.2 Å². The molecule has 0 aromatic rings. The molecule has 4 fully saturated rings. The Bertz CT molecular complexity index is 546. The van der Waals surface area contributed by atoms with E-state index in [1.165, 1.54) is 75.5 Å². The van der Waals surface area contributed by atoms with E-state index in [-0.39, 0.29) is 0 Å². The highest BCUT2D eigenvalue weighted by molar-refractivity contribution is 6.73. The van der Waals surface area contributed by atoms with E-state index in [4.69, 9.17) is 18.3 Å². The van der Waals surface area contributed by atoms with E-state index >= 15 is 0 Å².